The highest BCUT2D eigenvalue weighted by molar-refractivity contribution is 6.31. The molecule has 0 spiro atoms. The van der Waals surface area contributed by atoms with E-state index < -0.39 is 30.7 Å². The van der Waals surface area contributed by atoms with Crippen LogP contribution in [0, 0.1) is 5.82 Å². The number of ether oxygens (including phenoxy) is 1. The van der Waals surface area contributed by atoms with E-state index in [1.165, 1.54) is 21.9 Å². The minimum Gasteiger partial charge on any atom is -0.447 e. The summed E-state index contributed by atoms with van der Waals surface area (Å²) in [6.45, 7) is 1.55. The minimum atomic E-state index is -4.23. The van der Waals surface area contributed by atoms with Crippen LogP contribution in [0.2, 0.25) is 5.02 Å². The first-order valence-corrected chi connectivity index (χ1v) is 15.3. The highest BCUT2D eigenvalue weighted by Gasteiger charge is 2.31. The molecule has 8 nitrogen and oxygen atoms in total. The van der Waals surface area contributed by atoms with Crippen LogP contribution in [0.1, 0.15) is 31.2 Å². The van der Waals surface area contributed by atoms with E-state index in [-0.39, 0.29) is 30.4 Å². The maximum atomic E-state index is 13.9. The van der Waals surface area contributed by atoms with E-state index in [0.29, 0.717) is 63.4 Å². The zero-order valence-corrected chi connectivity index (χ0v) is 25.9. The van der Waals surface area contributed by atoms with Crippen LogP contribution < -0.4 is 5.32 Å². The van der Waals surface area contributed by atoms with Crippen LogP contribution in [0.25, 0.3) is 10.8 Å². The number of nitrogens with zero attached hydrogens (tertiary/aromatic N) is 4. The van der Waals surface area contributed by atoms with E-state index in [1.54, 1.807) is 25.4 Å². The van der Waals surface area contributed by atoms with Gasteiger partial charge in [-0.3, -0.25) is 15.0 Å². The fourth-order valence-corrected chi connectivity index (χ4v) is 5.65. The third-order valence-electron chi connectivity index (χ3n) is 7.94. The zero-order chi connectivity index (χ0) is 32.4. The van der Waals surface area contributed by atoms with Crippen LogP contribution in [0.15, 0.2) is 54.7 Å². The summed E-state index contributed by atoms with van der Waals surface area (Å²) < 4.78 is 58.0. The van der Waals surface area contributed by atoms with Crippen molar-refractivity contribution in [3.05, 3.63) is 71.1 Å². The molecular weight excluding hydrogens is 614 g/mol. The molecule has 1 N–H and O–H groups in total. The van der Waals surface area contributed by atoms with Crippen LogP contribution in [-0.2, 0) is 16.0 Å². The number of amides is 2. The number of anilines is 1. The summed E-state index contributed by atoms with van der Waals surface area (Å²) in [5.74, 6) is -0.450. The van der Waals surface area contributed by atoms with Crippen LogP contribution in [-0.4, -0.2) is 96.8 Å². The van der Waals surface area contributed by atoms with Crippen molar-refractivity contribution < 1.29 is 31.9 Å². The number of hydrogen-bond acceptors (Lipinski definition) is 6. The van der Waals surface area contributed by atoms with Gasteiger partial charge in [-0.2, -0.15) is 13.2 Å². The smallest absolute Gasteiger partial charge is 0.412 e. The number of benzene rings is 2. The highest BCUT2D eigenvalue weighted by atomic mass is 35.5. The Morgan fingerprint density at radius 3 is 2.58 bits per heavy atom. The third kappa shape index (κ3) is 10.8. The summed E-state index contributed by atoms with van der Waals surface area (Å²) in [5.41, 5.74) is 0.522. The lowest BCUT2D eigenvalue weighted by Crippen LogP contribution is -2.42. The summed E-state index contributed by atoms with van der Waals surface area (Å²) in [6, 6.07) is 13.3. The second-order valence-corrected chi connectivity index (χ2v) is 11.6. The molecule has 1 aliphatic heterocycles. The maximum absolute atomic E-state index is 13.9. The Hall–Kier alpha value is -3.48. The summed E-state index contributed by atoms with van der Waals surface area (Å²) in [4.78, 5) is 35.2. The molecule has 0 saturated carbocycles. The van der Waals surface area contributed by atoms with Gasteiger partial charge in [0.1, 0.15) is 18.2 Å². The topological polar surface area (TPSA) is 78.0 Å². The number of rotatable bonds is 12. The van der Waals surface area contributed by atoms with Crippen molar-refractivity contribution in [3.8, 4) is 0 Å². The Balaban J connectivity index is 1.34. The van der Waals surface area contributed by atoms with Gasteiger partial charge in [-0.1, -0.05) is 48.0 Å². The number of carbonyl (C=O) groups excluding carboxylic acids is 2. The molecule has 4 rings (SSSR count). The van der Waals surface area contributed by atoms with Crippen molar-refractivity contribution in [1.29, 1.82) is 0 Å². The van der Waals surface area contributed by atoms with Gasteiger partial charge in [0.15, 0.2) is 0 Å². The van der Waals surface area contributed by atoms with E-state index in [9.17, 15) is 27.2 Å². The first kappa shape index (κ1) is 34.4. The van der Waals surface area contributed by atoms with Gasteiger partial charge < -0.3 is 14.5 Å². The van der Waals surface area contributed by atoms with E-state index in [1.807, 2.05) is 24.3 Å². The second kappa shape index (κ2) is 16.2. The van der Waals surface area contributed by atoms with Crippen LogP contribution >= 0.6 is 11.6 Å². The van der Waals surface area contributed by atoms with Gasteiger partial charge in [-0.15, -0.1) is 0 Å². The van der Waals surface area contributed by atoms with Gasteiger partial charge in [-0.05, 0) is 68.4 Å². The first-order valence-electron chi connectivity index (χ1n) is 15.0. The minimum absolute atomic E-state index is 0.0157. The Morgan fingerprint density at radius 2 is 1.80 bits per heavy atom. The number of fused-ring (bicyclic) bond motifs is 1. The number of alkyl halides is 3. The predicted molar refractivity (Wildman–Crippen MR) is 166 cm³/mol. The van der Waals surface area contributed by atoms with Gasteiger partial charge in [0.05, 0.1) is 17.6 Å². The quantitative estimate of drug-likeness (QED) is 0.229. The Morgan fingerprint density at radius 1 is 1.07 bits per heavy atom. The number of aryl methyl sites for hydroxylation is 1. The van der Waals surface area contributed by atoms with Crippen molar-refractivity contribution in [2.45, 2.75) is 44.3 Å². The number of pyridine rings is 1. The van der Waals surface area contributed by atoms with Crippen molar-refractivity contribution in [3.63, 3.8) is 0 Å². The summed E-state index contributed by atoms with van der Waals surface area (Å²) in [7, 11) is 1.63. The van der Waals surface area contributed by atoms with Crippen LogP contribution in [0.4, 0.5) is 28.2 Å². The highest BCUT2D eigenvalue weighted by Crippen LogP contribution is 2.22. The molecule has 1 atom stereocenters. The number of hydrogen-bond donors (Lipinski definition) is 1. The van der Waals surface area contributed by atoms with Gasteiger partial charge in [0.25, 0.3) is 0 Å². The molecule has 1 fully saturated rings. The summed E-state index contributed by atoms with van der Waals surface area (Å²) in [6.07, 6.45) is -1.22. The monoisotopic (exact) mass is 651 g/mol. The van der Waals surface area contributed by atoms with E-state index in [2.05, 4.69) is 15.2 Å². The van der Waals surface area contributed by atoms with Crippen LogP contribution in [0.3, 0.4) is 0 Å². The first-order chi connectivity index (χ1) is 21.5. The Labute approximate surface area is 265 Å². The average molecular weight is 652 g/mol. The third-order valence-corrected chi connectivity index (χ3v) is 8.37. The van der Waals surface area contributed by atoms with Gasteiger partial charge in [0, 0.05) is 38.1 Å². The molecule has 1 aromatic heterocycles. The standard InChI is InChI=1S/C32H38ClF4N5O3/c1-40(29(43)13-12-23-9-4-11-27(34)30(23)33)26(10-5-14-41-15-6-16-42(18-17-41)22-32(35,36)37)21-45-31(44)39-28-19-24-7-2-3-8-25(24)20-38-28/h2-4,7-9,11,19-20,26H,5-6,10,12-18,21-22H2,1H3,(H,38,39,44)/t26-/m0/s1. The molecule has 3 aromatic rings. The molecule has 1 aliphatic rings. The van der Waals surface area contributed by atoms with Crippen LogP contribution in [0.5, 0.6) is 0 Å². The molecular formula is C32H38ClF4N5O3. The van der Waals surface area contributed by atoms with Gasteiger partial charge in [-0.25, -0.2) is 14.2 Å². The molecule has 45 heavy (non-hydrogen) atoms. The maximum Gasteiger partial charge on any atom is 0.412 e. The molecule has 2 aromatic carbocycles. The normalized spacial score (nSPS) is 15.4. The Bertz CT molecular complexity index is 1440. The molecule has 13 heteroatoms. The number of likely N-dealkylation sites (N-methyl/N-ethyl adjacent to an activating group) is 1. The lowest BCUT2D eigenvalue weighted by Gasteiger charge is -2.29. The average Bonchev–Trinajstić information content (AvgIpc) is 3.22. The van der Waals surface area contributed by atoms with Crippen molar-refractivity contribution in [2.75, 3.05) is 58.2 Å². The van der Waals surface area contributed by atoms with E-state index >= 15 is 0 Å². The second-order valence-electron chi connectivity index (χ2n) is 11.2. The molecule has 0 bridgehead atoms. The summed E-state index contributed by atoms with van der Waals surface area (Å²) in [5, 5.41) is 4.44. The molecule has 2 amide bonds. The van der Waals surface area contributed by atoms with E-state index in [4.69, 9.17) is 16.3 Å². The molecule has 2 heterocycles. The molecule has 244 valence electrons. The fraction of sp³-hybridized carbons (Fsp3) is 0.469. The number of nitrogens with one attached hydrogen (secondary N) is 1. The largest absolute Gasteiger partial charge is 0.447 e. The van der Waals surface area contributed by atoms with Crippen molar-refractivity contribution in [2.24, 2.45) is 0 Å². The summed E-state index contributed by atoms with van der Waals surface area (Å²) >= 11 is 6.06. The van der Waals surface area contributed by atoms with E-state index in [0.717, 1.165) is 10.8 Å². The molecule has 1 saturated heterocycles. The predicted octanol–water partition coefficient (Wildman–Crippen LogP) is 6.39. The molecule has 0 radical (unpaired) electrons. The number of halogens is 5. The van der Waals surface area contributed by atoms with Crippen molar-refractivity contribution in [1.82, 2.24) is 19.7 Å². The van der Waals surface area contributed by atoms with Gasteiger partial charge >= 0.3 is 12.3 Å². The number of carbonyl (C=O) groups is 2. The SMILES string of the molecule is CN(C(=O)CCc1cccc(F)c1Cl)[C@@H](CCCN1CCCN(CC(F)(F)F)CC1)COC(=O)Nc1cc2ccccc2cn1. The van der Waals surface area contributed by atoms with Crippen molar-refractivity contribution >= 4 is 40.2 Å². The lowest BCUT2D eigenvalue weighted by molar-refractivity contribution is -0.145. The zero-order valence-electron chi connectivity index (χ0n) is 25.2. The number of aromatic nitrogens is 1. The fourth-order valence-electron chi connectivity index (χ4n) is 5.43. The molecule has 0 unspecified atom stereocenters. The van der Waals surface area contributed by atoms with Gasteiger partial charge in [0.2, 0.25) is 5.91 Å². The Kier molecular flexibility index (Phi) is 12.4. The molecule has 0 aliphatic carbocycles. The lowest BCUT2D eigenvalue weighted by atomic mass is 10.1.